The van der Waals surface area contributed by atoms with Crippen molar-refractivity contribution >= 4 is 10.9 Å². The summed E-state index contributed by atoms with van der Waals surface area (Å²) in [7, 11) is 0. The number of phenolic OH excluding ortho intramolecular Hbond substituents is 3. The SMILES string of the molecule is O=c1[nH]c(-c2cc(O)cc(O)c2)nc2ccc(O)cc12.[Ac].[Ac].[Ac]. The van der Waals surface area contributed by atoms with Gasteiger partial charge in [0, 0.05) is 144 Å². The summed E-state index contributed by atoms with van der Waals surface area (Å²) in [6, 6.07) is 8.21. The Morgan fingerprint density at radius 1 is 0.826 bits per heavy atom. The number of rotatable bonds is 1. The van der Waals surface area contributed by atoms with Crippen LogP contribution in [-0.4, -0.2) is 25.3 Å². The van der Waals surface area contributed by atoms with E-state index >= 15 is 0 Å². The Bertz CT molecular complexity index is 863. The van der Waals surface area contributed by atoms with E-state index in [2.05, 4.69) is 9.97 Å². The molecule has 0 fully saturated rings. The van der Waals surface area contributed by atoms with Crippen molar-refractivity contribution in [3.8, 4) is 28.6 Å². The number of hydrogen-bond donors (Lipinski definition) is 4. The smallest absolute Gasteiger partial charge is 0.259 e. The van der Waals surface area contributed by atoms with Crippen LogP contribution in [0.2, 0.25) is 0 Å². The zero-order valence-corrected chi connectivity index (χ0v) is 26.1. The van der Waals surface area contributed by atoms with Gasteiger partial charge in [-0.05, 0) is 30.3 Å². The molecule has 9 heteroatoms. The van der Waals surface area contributed by atoms with Gasteiger partial charge in [0.2, 0.25) is 0 Å². The fourth-order valence-electron chi connectivity index (χ4n) is 2.00. The van der Waals surface area contributed by atoms with Crippen molar-refractivity contribution in [3.63, 3.8) is 0 Å². The van der Waals surface area contributed by atoms with Crippen LogP contribution in [0, 0.1) is 132 Å². The molecule has 2 aromatic carbocycles. The van der Waals surface area contributed by atoms with E-state index in [0.29, 0.717) is 11.1 Å². The predicted octanol–water partition coefficient (Wildman–Crippen LogP) is 1.71. The summed E-state index contributed by atoms with van der Waals surface area (Å²) in [6.07, 6.45) is 0. The number of aromatic amines is 1. The molecule has 1 aromatic heterocycles. The Labute approximate surface area is 238 Å². The van der Waals surface area contributed by atoms with E-state index in [4.69, 9.17) is 0 Å². The number of phenols is 3. The molecule has 0 spiro atoms. The third kappa shape index (κ3) is 5.91. The average Bonchev–Trinajstić information content (AvgIpc) is 2.38. The first-order valence-corrected chi connectivity index (χ1v) is 5.79. The molecule has 3 radical (unpaired) electrons. The van der Waals surface area contributed by atoms with E-state index in [1.54, 1.807) is 0 Å². The zero-order chi connectivity index (χ0) is 14.3. The Morgan fingerprint density at radius 3 is 2.04 bits per heavy atom. The molecule has 0 aliphatic carbocycles. The summed E-state index contributed by atoms with van der Waals surface area (Å²) in [5.41, 5.74) is 0.377. The fraction of sp³-hybridized carbons (Fsp3) is 0. The van der Waals surface area contributed by atoms with Gasteiger partial charge >= 0.3 is 0 Å². The summed E-state index contributed by atoms with van der Waals surface area (Å²) >= 11 is 0. The summed E-state index contributed by atoms with van der Waals surface area (Å²) < 4.78 is 0. The Hall–Kier alpha value is 1.30. The normalized spacial score (nSPS) is 9.39. The number of hydrogen-bond acceptors (Lipinski definition) is 5. The zero-order valence-electron chi connectivity index (χ0n) is 11.9. The molecule has 0 unspecified atom stereocenters. The molecule has 109 valence electrons. The van der Waals surface area contributed by atoms with Crippen LogP contribution >= 0.6 is 0 Å². The number of nitrogens with zero attached hydrogens (tertiary/aromatic N) is 1. The van der Waals surface area contributed by atoms with Gasteiger partial charge in [-0.1, -0.05) is 0 Å². The third-order valence-electron chi connectivity index (χ3n) is 2.86. The second-order valence-electron chi connectivity index (χ2n) is 4.35. The fourth-order valence-corrected chi connectivity index (χ4v) is 2.00. The van der Waals surface area contributed by atoms with Crippen molar-refractivity contribution in [1.82, 2.24) is 9.97 Å². The van der Waals surface area contributed by atoms with E-state index in [0.717, 1.165) is 0 Å². The number of aromatic hydroxyl groups is 3. The maximum atomic E-state index is 12.0. The molecule has 4 N–H and O–H groups in total. The molecular formula is C14H10Ac3N2O4. The minimum Gasteiger partial charge on any atom is -0.508 e. The largest absolute Gasteiger partial charge is 0.508 e. The van der Waals surface area contributed by atoms with Crippen LogP contribution in [0.3, 0.4) is 0 Å². The van der Waals surface area contributed by atoms with Gasteiger partial charge < -0.3 is 20.3 Å². The minimum atomic E-state index is -0.413. The van der Waals surface area contributed by atoms with Crippen LogP contribution in [0.15, 0.2) is 41.2 Å². The Morgan fingerprint density at radius 2 is 1.43 bits per heavy atom. The van der Waals surface area contributed by atoms with E-state index in [1.165, 1.54) is 36.4 Å². The van der Waals surface area contributed by atoms with Crippen LogP contribution in [0.1, 0.15) is 0 Å². The van der Waals surface area contributed by atoms with Crippen molar-refractivity contribution in [3.05, 3.63) is 46.8 Å². The number of benzene rings is 2. The van der Waals surface area contributed by atoms with E-state index in [-0.39, 0.29) is 161 Å². The molecule has 23 heavy (non-hydrogen) atoms. The molecule has 0 saturated carbocycles. The van der Waals surface area contributed by atoms with Crippen LogP contribution < -0.4 is 5.56 Å². The summed E-state index contributed by atoms with van der Waals surface area (Å²) in [5, 5.41) is 28.6. The first-order valence-electron chi connectivity index (χ1n) is 5.79. The monoisotopic (exact) mass is 951 g/mol. The van der Waals surface area contributed by atoms with Crippen molar-refractivity contribution < 1.29 is 148 Å². The molecule has 1 heterocycles. The van der Waals surface area contributed by atoms with Crippen molar-refractivity contribution in [2.75, 3.05) is 0 Å². The minimum absolute atomic E-state index is 0. The first kappa shape index (κ1) is 24.3. The molecule has 0 bridgehead atoms. The van der Waals surface area contributed by atoms with E-state index in [9.17, 15) is 20.1 Å². The first-order chi connectivity index (χ1) is 9.52. The van der Waals surface area contributed by atoms with Crippen molar-refractivity contribution in [1.29, 1.82) is 0 Å². The molecular weight excluding hydrogens is 941 g/mol. The standard InChI is InChI=1S/C14H10N2O4.3Ac/c17-8-1-2-12-11(6-8)14(20)16-13(15-12)7-3-9(18)5-10(19)4-7;;;/h1-6,17-19H,(H,15,16,20);;;. The number of nitrogens with one attached hydrogen (secondary N) is 1. The summed E-state index contributed by atoms with van der Waals surface area (Å²) in [4.78, 5) is 18.8. The van der Waals surface area contributed by atoms with Gasteiger partial charge in [0.1, 0.15) is 23.1 Å². The van der Waals surface area contributed by atoms with Gasteiger partial charge in [-0.2, -0.15) is 0 Å². The van der Waals surface area contributed by atoms with Gasteiger partial charge in [-0.25, -0.2) is 4.98 Å². The van der Waals surface area contributed by atoms with E-state index < -0.39 is 5.56 Å². The summed E-state index contributed by atoms with van der Waals surface area (Å²) in [5.74, 6) is -0.0613. The number of H-pyrrole nitrogens is 1. The van der Waals surface area contributed by atoms with Gasteiger partial charge in [-0.15, -0.1) is 0 Å². The molecule has 0 atom stereocenters. The van der Waals surface area contributed by atoms with Gasteiger partial charge in [0.25, 0.3) is 5.56 Å². The maximum absolute atomic E-state index is 12.0. The van der Waals surface area contributed by atoms with Gasteiger partial charge in [-0.3, -0.25) is 4.79 Å². The molecule has 0 saturated heterocycles. The van der Waals surface area contributed by atoms with Crippen LogP contribution in [0.5, 0.6) is 17.2 Å². The number of fused-ring (bicyclic) bond motifs is 1. The number of aromatic nitrogens is 2. The molecule has 0 amide bonds. The average molecular weight is 951 g/mol. The van der Waals surface area contributed by atoms with Crippen LogP contribution in [0.4, 0.5) is 0 Å². The van der Waals surface area contributed by atoms with Crippen molar-refractivity contribution in [2.45, 2.75) is 0 Å². The maximum Gasteiger partial charge on any atom is 0.259 e. The van der Waals surface area contributed by atoms with Gasteiger partial charge in [0.05, 0.1) is 10.9 Å². The summed E-state index contributed by atoms with van der Waals surface area (Å²) in [6.45, 7) is 0. The molecule has 3 aromatic rings. The Balaban J connectivity index is 0.00000161. The molecule has 3 rings (SSSR count). The quantitative estimate of drug-likeness (QED) is 0.298. The van der Waals surface area contributed by atoms with Gasteiger partial charge in [0.15, 0.2) is 0 Å². The predicted molar refractivity (Wildman–Crippen MR) is 72.8 cm³/mol. The van der Waals surface area contributed by atoms with Crippen LogP contribution in [-0.2, 0) is 0 Å². The second-order valence-corrected chi connectivity index (χ2v) is 4.35. The second kappa shape index (κ2) is 10.5. The van der Waals surface area contributed by atoms with Crippen LogP contribution in [0.25, 0.3) is 22.3 Å². The topological polar surface area (TPSA) is 106 Å². The van der Waals surface area contributed by atoms with E-state index in [1.807, 2.05) is 0 Å². The third-order valence-corrected chi connectivity index (χ3v) is 2.86. The van der Waals surface area contributed by atoms with Crippen molar-refractivity contribution in [2.24, 2.45) is 0 Å². The Kier molecular flexibility index (Phi) is 11.0. The molecule has 0 aliphatic heterocycles. The molecule has 6 nitrogen and oxygen atoms in total. The molecule has 0 aliphatic rings.